The van der Waals surface area contributed by atoms with Crippen LogP contribution in [-0.4, -0.2) is 83.0 Å². The number of β-lactam (4-membered cyclic amide) rings is 1. The molecule has 12 nitrogen and oxygen atoms in total. The summed E-state index contributed by atoms with van der Waals surface area (Å²) >= 11 is 7.55. The van der Waals surface area contributed by atoms with Crippen LogP contribution in [0.5, 0.6) is 0 Å². The van der Waals surface area contributed by atoms with E-state index in [1.807, 2.05) is 6.07 Å². The van der Waals surface area contributed by atoms with Crippen LogP contribution < -0.4 is 5.32 Å². The van der Waals surface area contributed by atoms with Gasteiger partial charge in [-0.25, -0.2) is 14.2 Å². The Balaban J connectivity index is 1.86. The number of thioether (sulfide) groups is 2. The Morgan fingerprint density at radius 2 is 2.27 bits per heavy atom. The Morgan fingerprint density at radius 1 is 1.53 bits per heavy atom. The second-order valence-corrected chi connectivity index (χ2v) is 8.70. The zero-order chi connectivity index (χ0) is 22.1. The van der Waals surface area contributed by atoms with Gasteiger partial charge in [-0.1, -0.05) is 0 Å². The van der Waals surface area contributed by atoms with Crippen molar-refractivity contribution in [3.63, 3.8) is 0 Å². The van der Waals surface area contributed by atoms with Gasteiger partial charge in [-0.2, -0.15) is 5.26 Å². The third-order valence-electron chi connectivity index (χ3n) is 4.48. The van der Waals surface area contributed by atoms with E-state index in [4.69, 9.17) is 22.2 Å². The first kappa shape index (κ1) is 22.3. The number of fused-ring (bicyclic) bond motifs is 1. The molecule has 1 aromatic heterocycles. The van der Waals surface area contributed by atoms with Crippen LogP contribution in [0, 0.1) is 16.1 Å². The number of carbonyl (C=O) groups excluding carboxylic acids is 2. The molecular weight excluding hydrogens is 454 g/mol. The molecule has 1 aromatic rings. The van der Waals surface area contributed by atoms with Gasteiger partial charge < -0.3 is 15.2 Å². The number of carboxylic acid groups (broad SMARTS) is 1. The van der Waals surface area contributed by atoms with Gasteiger partial charge in [-0.15, -0.1) is 23.5 Å². The predicted molar refractivity (Wildman–Crippen MR) is 108 cm³/mol. The molecule has 0 radical (unpaired) electrons. The number of ether oxygens (including phenoxy) is 1. The third-order valence-corrected chi connectivity index (χ3v) is 7.13. The molecule has 0 bridgehead atoms. The molecule has 0 unspecified atom stereocenters. The maximum absolute atomic E-state index is 13.0. The molecule has 2 aliphatic rings. The number of amides is 2. The molecule has 160 valence electrons. The highest BCUT2D eigenvalue weighted by Gasteiger charge is 2.66. The van der Waals surface area contributed by atoms with Gasteiger partial charge in [0, 0.05) is 19.9 Å². The highest BCUT2D eigenvalue weighted by atomic mass is 32.2. The number of aryl methyl sites for hydroxylation is 1. The summed E-state index contributed by atoms with van der Waals surface area (Å²) < 4.78 is 8.41. The monoisotopic (exact) mass is 471 g/mol. The lowest BCUT2D eigenvalue weighted by molar-refractivity contribution is -0.192. The Kier molecular flexibility index (Phi) is 6.50. The minimum absolute atomic E-state index is 0.0266. The van der Waals surface area contributed by atoms with Crippen LogP contribution in [0.1, 0.15) is 0 Å². The summed E-state index contributed by atoms with van der Waals surface area (Å²) in [5.74, 6) is -2.08. The second kappa shape index (κ2) is 8.76. The van der Waals surface area contributed by atoms with E-state index in [1.165, 1.54) is 28.2 Å². The second-order valence-electron chi connectivity index (χ2n) is 6.28. The summed E-state index contributed by atoms with van der Waals surface area (Å²) in [6.07, 6.45) is 0. The van der Waals surface area contributed by atoms with E-state index in [0.717, 1.165) is 16.7 Å². The predicted octanol–water partition coefficient (Wildman–Crippen LogP) is -0.684. The first-order chi connectivity index (χ1) is 14.3. The van der Waals surface area contributed by atoms with Gasteiger partial charge in [0.15, 0.2) is 0 Å². The van der Waals surface area contributed by atoms with E-state index in [1.54, 1.807) is 7.05 Å². The Bertz CT molecular complexity index is 1030. The number of nitrogens with zero attached hydrogens (tertiary/aromatic N) is 6. The van der Waals surface area contributed by atoms with Crippen LogP contribution >= 0.6 is 35.7 Å². The van der Waals surface area contributed by atoms with Gasteiger partial charge in [0.25, 0.3) is 11.6 Å². The van der Waals surface area contributed by atoms with E-state index in [0.29, 0.717) is 10.3 Å². The molecule has 0 saturated carbocycles. The van der Waals surface area contributed by atoms with Crippen molar-refractivity contribution in [3.8, 4) is 6.07 Å². The van der Waals surface area contributed by atoms with Crippen LogP contribution in [0.25, 0.3) is 0 Å². The molecule has 30 heavy (non-hydrogen) atoms. The topological polar surface area (TPSA) is 155 Å². The lowest BCUT2D eigenvalue weighted by Gasteiger charge is -2.55. The molecule has 1 saturated heterocycles. The van der Waals surface area contributed by atoms with E-state index >= 15 is 0 Å². The van der Waals surface area contributed by atoms with Crippen molar-refractivity contribution in [1.29, 1.82) is 5.26 Å². The number of methoxy groups -OCH3 is 1. The molecule has 0 spiro atoms. The summed E-state index contributed by atoms with van der Waals surface area (Å²) in [5, 5.41) is 27.8. The number of nitriles is 1. The quantitative estimate of drug-likeness (QED) is 0.214. The minimum atomic E-state index is -1.66. The summed E-state index contributed by atoms with van der Waals surface area (Å²) in [4.78, 5) is 38.2. The normalized spacial score (nSPS) is 22.9. The lowest BCUT2D eigenvalue weighted by Crippen LogP contribution is -2.80. The molecule has 1 fully saturated rings. The van der Waals surface area contributed by atoms with E-state index in [9.17, 15) is 19.5 Å². The maximum atomic E-state index is 13.0. The van der Waals surface area contributed by atoms with Gasteiger partial charge >= 0.3 is 5.97 Å². The number of carbonyl (C=O) groups is 3. The fourth-order valence-electron chi connectivity index (χ4n) is 3.13. The first-order valence-corrected chi connectivity index (χ1v) is 11.1. The van der Waals surface area contributed by atoms with Crippen molar-refractivity contribution in [2.45, 2.75) is 17.6 Å². The SMILES string of the molecule is CO[C@@]1(NC(=O)CSCC#N)C(=O)N2C(C(=O)O)=C(Cn3nnn(C)c3=S)CS[C@@H]21. The zero-order valence-electron chi connectivity index (χ0n) is 15.9. The summed E-state index contributed by atoms with van der Waals surface area (Å²) in [7, 11) is 2.89. The fraction of sp³-hybridized carbons (Fsp3) is 0.533. The van der Waals surface area contributed by atoms with Crippen LogP contribution in [0.2, 0.25) is 0 Å². The molecule has 0 aliphatic carbocycles. The number of rotatable bonds is 8. The van der Waals surface area contributed by atoms with Gasteiger partial charge in [0.1, 0.15) is 11.1 Å². The molecule has 2 amide bonds. The van der Waals surface area contributed by atoms with Crippen LogP contribution in [0.3, 0.4) is 0 Å². The molecule has 0 aromatic carbocycles. The van der Waals surface area contributed by atoms with Crippen LogP contribution in [-0.2, 0) is 32.7 Å². The van der Waals surface area contributed by atoms with Crippen LogP contribution in [0.15, 0.2) is 11.3 Å². The first-order valence-electron chi connectivity index (χ1n) is 8.45. The fourth-order valence-corrected chi connectivity index (χ4v) is 5.15. The Hall–Kier alpha value is -2.41. The number of hydrogen-bond acceptors (Lipinski definition) is 10. The summed E-state index contributed by atoms with van der Waals surface area (Å²) in [5.41, 5.74) is -1.41. The third kappa shape index (κ3) is 3.71. The lowest BCUT2D eigenvalue weighted by atomic mass is 9.98. The number of carboxylic acids is 1. The minimum Gasteiger partial charge on any atom is -0.477 e. The number of nitrogens with one attached hydrogen (secondary N) is 1. The smallest absolute Gasteiger partial charge is 0.352 e. The van der Waals surface area contributed by atoms with Crippen molar-refractivity contribution >= 4 is 53.5 Å². The maximum Gasteiger partial charge on any atom is 0.352 e. The van der Waals surface area contributed by atoms with Crippen molar-refractivity contribution in [2.75, 3.05) is 24.4 Å². The Labute approximate surface area is 184 Å². The van der Waals surface area contributed by atoms with E-state index in [-0.39, 0.29) is 29.5 Å². The highest BCUT2D eigenvalue weighted by molar-refractivity contribution is 8.00. The van der Waals surface area contributed by atoms with Gasteiger partial charge in [-0.3, -0.25) is 14.5 Å². The molecule has 3 rings (SSSR count). The average molecular weight is 472 g/mol. The van der Waals surface area contributed by atoms with E-state index < -0.39 is 28.9 Å². The van der Waals surface area contributed by atoms with Crippen molar-refractivity contribution in [2.24, 2.45) is 7.05 Å². The Morgan fingerprint density at radius 3 is 2.83 bits per heavy atom. The number of aromatic nitrogens is 4. The van der Waals surface area contributed by atoms with E-state index in [2.05, 4.69) is 15.7 Å². The van der Waals surface area contributed by atoms with Crippen LogP contribution in [0.4, 0.5) is 0 Å². The average Bonchev–Trinajstić information content (AvgIpc) is 3.03. The van der Waals surface area contributed by atoms with Gasteiger partial charge in [0.2, 0.25) is 10.7 Å². The summed E-state index contributed by atoms with van der Waals surface area (Å²) in [6, 6.07) is 1.91. The number of aliphatic carboxylic acids is 1. The molecule has 2 atom stereocenters. The zero-order valence-corrected chi connectivity index (χ0v) is 18.3. The van der Waals surface area contributed by atoms with Crippen molar-refractivity contribution < 1.29 is 24.2 Å². The van der Waals surface area contributed by atoms with Crippen molar-refractivity contribution in [3.05, 3.63) is 16.0 Å². The molecule has 2 N–H and O–H groups in total. The molecule has 3 heterocycles. The molecular formula is C15H17N7O5S3. The molecule has 15 heteroatoms. The molecule has 2 aliphatic heterocycles. The largest absolute Gasteiger partial charge is 0.477 e. The number of hydrogen-bond donors (Lipinski definition) is 2. The summed E-state index contributed by atoms with van der Waals surface area (Å²) in [6.45, 7) is 0.0644. The van der Waals surface area contributed by atoms with Gasteiger partial charge in [-0.05, 0) is 28.2 Å². The van der Waals surface area contributed by atoms with Crippen molar-refractivity contribution in [1.82, 2.24) is 30.0 Å². The number of tetrazole rings is 1. The standard InChI is InChI=1S/C15H17N7O5S3/c1-20-14(28)21(19-18-20)5-8-6-30-13-15(27-2,17-9(23)7-29-4-3-16)12(26)22(13)10(8)11(24)25/h13H,4-7H2,1-2H3,(H,17,23)(H,24,25)/t13-,15+/m1/s1. The highest BCUT2D eigenvalue weighted by Crippen LogP contribution is 2.46. The van der Waals surface area contributed by atoms with Gasteiger partial charge in [0.05, 0.1) is 24.1 Å².